The van der Waals surface area contributed by atoms with E-state index >= 15 is 0 Å². The molecular formula is C16H16F2N2O. The van der Waals surface area contributed by atoms with Gasteiger partial charge in [0.15, 0.2) is 0 Å². The van der Waals surface area contributed by atoms with Gasteiger partial charge in [0.05, 0.1) is 11.1 Å². The average Bonchev–Trinajstić information content (AvgIpc) is 2.43. The van der Waals surface area contributed by atoms with Gasteiger partial charge in [-0.1, -0.05) is 12.1 Å². The topological polar surface area (TPSA) is 55.1 Å². The van der Waals surface area contributed by atoms with E-state index in [9.17, 15) is 13.6 Å². The summed E-state index contributed by atoms with van der Waals surface area (Å²) in [6, 6.07) is 9.76. The van der Waals surface area contributed by atoms with Crippen molar-refractivity contribution >= 4 is 17.3 Å². The summed E-state index contributed by atoms with van der Waals surface area (Å²) in [6.07, 6.45) is 0. The van der Waals surface area contributed by atoms with Gasteiger partial charge >= 0.3 is 0 Å². The van der Waals surface area contributed by atoms with E-state index in [-0.39, 0.29) is 5.69 Å². The SMILES string of the molecule is CC(C)(C(=O)Nc1cc(F)ccc1F)c1ccc(N)cc1. The molecule has 3 nitrogen and oxygen atoms in total. The van der Waals surface area contributed by atoms with Gasteiger partial charge in [-0.2, -0.15) is 0 Å². The van der Waals surface area contributed by atoms with E-state index in [4.69, 9.17) is 5.73 Å². The van der Waals surface area contributed by atoms with E-state index in [1.807, 2.05) is 0 Å². The third-order valence-corrected chi connectivity index (χ3v) is 3.38. The van der Waals surface area contributed by atoms with E-state index in [0.717, 1.165) is 23.8 Å². The number of hydrogen-bond donors (Lipinski definition) is 2. The molecule has 0 aliphatic carbocycles. The summed E-state index contributed by atoms with van der Waals surface area (Å²) in [5.74, 6) is -1.73. The monoisotopic (exact) mass is 290 g/mol. The molecule has 2 aromatic rings. The van der Waals surface area contributed by atoms with Gasteiger partial charge in [-0.05, 0) is 43.7 Å². The molecule has 1 amide bonds. The van der Waals surface area contributed by atoms with E-state index in [1.54, 1.807) is 38.1 Å². The molecule has 0 fully saturated rings. The Labute approximate surface area is 121 Å². The first-order valence-corrected chi connectivity index (χ1v) is 6.43. The van der Waals surface area contributed by atoms with E-state index in [2.05, 4.69) is 5.32 Å². The molecule has 0 atom stereocenters. The standard InChI is InChI=1S/C16H16F2N2O/c1-16(2,10-3-6-12(19)7-4-10)15(21)20-14-9-11(17)5-8-13(14)18/h3-9H,19H2,1-2H3,(H,20,21). The molecule has 21 heavy (non-hydrogen) atoms. The Morgan fingerprint density at radius 3 is 2.33 bits per heavy atom. The molecule has 0 bridgehead atoms. The minimum Gasteiger partial charge on any atom is -0.399 e. The third kappa shape index (κ3) is 3.18. The number of carbonyl (C=O) groups excluding carboxylic acids is 1. The summed E-state index contributed by atoms with van der Waals surface area (Å²) in [4.78, 5) is 12.4. The van der Waals surface area contributed by atoms with Crippen molar-refractivity contribution in [1.29, 1.82) is 0 Å². The van der Waals surface area contributed by atoms with E-state index in [0.29, 0.717) is 5.69 Å². The average molecular weight is 290 g/mol. The molecule has 0 radical (unpaired) electrons. The van der Waals surface area contributed by atoms with Crippen molar-refractivity contribution in [2.45, 2.75) is 19.3 Å². The number of anilines is 2. The number of halogens is 2. The van der Waals surface area contributed by atoms with Crippen molar-refractivity contribution in [3.05, 3.63) is 59.7 Å². The van der Waals surface area contributed by atoms with Crippen molar-refractivity contribution in [3.63, 3.8) is 0 Å². The maximum absolute atomic E-state index is 13.6. The van der Waals surface area contributed by atoms with Crippen LogP contribution in [-0.4, -0.2) is 5.91 Å². The summed E-state index contributed by atoms with van der Waals surface area (Å²) in [7, 11) is 0. The normalized spacial score (nSPS) is 11.2. The van der Waals surface area contributed by atoms with Crippen molar-refractivity contribution < 1.29 is 13.6 Å². The fourth-order valence-electron chi connectivity index (χ4n) is 1.90. The van der Waals surface area contributed by atoms with E-state index < -0.39 is 23.0 Å². The number of rotatable bonds is 3. The molecule has 0 heterocycles. The number of nitrogens with one attached hydrogen (secondary N) is 1. The lowest BCUT2D eigenvalue weighted by Crippen LogP contribution is -2.35. The van der Waals surface area contributed by atoms with Crippen molar-refractivity contribution in [2.24, 2.45) is 0 Å². The first-order chi connectivity index (χ1) is 9.80. The van der Waals surface area contributed by atoms with Gasteiger partial charge in [0.2, 0.25) is 5.91 Å². The zero-order valence-electron chi connectivity index (χ0n) is 11.8. The maximum Gasteiger partial charge on any atom is 0.234 e. The minimum absolute atomic E-state index is 0.177. The van der Waals surface area contributed by atoms with Crippen LogP contribution in [0.15, 0.2) is 42.5 Å². The van der Waals surface area contributed by atoms with Crippen LogP contribution >= 0.6 is 0 Å². The van der Waals surface area contributed by atoms with Crippen LogP contribution in [0.4, 0.5) is 20.2 Å². The van der Waals surface area contributed by atoms with E-state index in [1.165, 1.54) is 0 Å². The van der Waals surface area contributed by atoms with Gasteiger partial charge in [-0.25, -0.2) is 8.78 Å². The van der Waals surface area contributed by atoms with Crippen LogP contribution in [0.1, 0.15) is 19.4 Å². The maximum atomic E-state index is 13.6. The summed E-state index contributed by atoms with van der Waals surface area (Å²) in [5.41, 5.74) is 5.84. The van der Waals surface area contributed by atoms with Gasteiger partial charge < -0.3 is 11.1 Å². The Bertz CT molecular complexity index is 666. The quantitative estimate of drug-likeness (QED) is 0.850. The number of nitrogen functional groups attached to an aromatic ring is 1. The Morgan fingerprint density at radius 1 is 1.10 bits per heavy atom. The summed E-state index contributed by atoms with van der Waals surface area (Å²) in [5, 5.41) is 2.42. The molecule has 0 aliphatic heterocycles. The zero-order valence-corrected chi connectivity index (χ0v) is 11.8. The van der Waals surface area contributed by atoms with Crippen molar-refractivity contribution in [1.82, 2.24) is 0 Å². The lowest BCUT2D eigenvalue weighted by Gasteiger charge is -2.24. The van der Waals surface area contributed by atoms with Gasteiger partial charge in [-0.15, -0.1) is 0 Å². The highest BCUT2D eigenvalue weighted by atomic mass is 19.1. The van der Waals surface area contributed by atoms with Crippen LogP contribution in [-0.2, 0) is 10.2 Å². The fraction of sp³-hybridized carbons (Fsp3) is 0.188. The minimum atomic E-state index is -0.910. The van der Waals surface area contributed by atoms with Crippen LogP contribution < -0.4 is 11.1 Å². The third-order valence-electron chi connectivity index (χ3n) is 3.38. The highest BCUT2D eigenvalue weighted by molar-refractivity contribution is 5.98. The second-order valence-corrected chi connectivity index (χ2v) is 5.33. The molecule has 0 saturated heterocycles. The van der Waals surface area contributed by atoms with Crippen LogP contribution in [0.25, 0.3) is 0 Å². The number of carbonyl (C=O) groups is 1. The number of benzene rings is 2. The Kier molecular flexibility index (Phi) is 3.93. The summed E-state index contributed by atoms with van der Waals surface area (Å²) >= 11 is 0. The van der Waals surface area contributed by atoms with Crippen LogP contribution in [0.3, 0.4) is 0 Å². The molecule has 0 saturated carbocycles. The van der Waals surface area contributed by atoms with Gasteiger partial charge in [-0.3, -0.25) is 4.79 Å². The zero-order chi connectivity index (χ0) is 15.6. The van der Waals surface area contributed by atoms with Gasteiger partial charge in [0.1, 0.15) is 11.6 Å². The number of amides is 1. The van der Waals surface area contributed by atoms with Crippen LogP contribution in [0, 0.1) is 11.6 Å². The molecule has 2 aromatic carbocycles. The molecule has 0 aromatic heterocycles. The summed E-state index contributed by atoms with van der Waals surface area (Å²) in [6.45, 7) is 3.40. The molecular weight excluding hydrogens is 274 g/mol. The lowest BCUT2D eigenvalue weighted by atomic mass is 9.83. The predicted molar refractivity (Wildman–Crippen MR) is 78.9 cm³/mol. The summed E-state index contributed by atoms with van der Waals surface area (Å²) < 4.78 is 26.7. The second-order valence-electron chi connectivity index (χ2n) is 5.33. The smallest absolute Gasteiger partial charge is 0.234 e. The van der Waals surface area contributed by atoms with Gasteiger partial charge in [0.25, 0.3) is 0 Å². The molecule has 5 heteroatoms. The van der Waals surface area contributed by atoms with Crippen LogP contribution in [0.2, 0.25) is 0 Å². The molecule has 2 rings (SSSR count). The van der Waals surface area contributed by atoms with Crippen LogP contribution in [0.5, 0.6) is 0 Å². The molecule has 3 N–H and O–H groups in total. The highest BCUT2D eigenvalue weighted by Gasteiger charge is 2.30. The lowest BCUT2D eigenvalue weighted by molar-refractivity contribution is -0.120. The first kappa shape index (κ1) is 15.0. The molecule has 0 unspecified atom stereocenters. The first-order valence-electron chi connectivity index (χ1n) is 6.43. The Morgan fingerprint density at radius 2 is 1.71 bits per heavy atom. The fourth-order valence-corrected chi connectivity index (χ4v) is 1.90. The highest BCUT2D eigenvalue weighted by Crippen LogP contribution is 2.26. The molecule has 110 valence electrons. The van der Waals surface area contributed by atoms with Gasteiger partial charge in [0, 0.05) is 11.8 Å². The molecule has 0 spiro atoms. The molecule has 0 aliphatic rings. The predicted octanol–water partition coefficient (Wildman–Crippen LogP) is 3.46. The van der Waals surface area contributed by atoms with Crippen molar-refractivity contribution in [3.8, 4) is 0 Å². The van der Waals surface area contributed by atoms with Crippen molar-refractivity contribution in [2.75, 3.05) is 11.1 Å². The largest absolute Gasteiger partial charge is 0.399 e. The Hall–Kier alpha value is -2.43. The number of nitrogens with two attached hydrogens (primary N) is 1. The Balaban J connectivity index is 2.26. The second kappa shape index (κ2) is 5.52. The number of hydrogen-bond acceptors (Lipinski definition) is 2.